The molecular weight excluding hydrogens is 570 g/mol. The maximum absolute atomic E-state index is 13.4. The van der Waals surface area contributed by atoms with Crippen LogP contribution in [0.4, 0.5) is 17.1 Å². The van der Waals surface area contributed by atoms with Gasteiger partial charge in [-0.2, -0.15) is 10.2 Å². The van der Waals surface area contributed by atoms with E-state index in [4.69, 9.17) is 18.9 Å². The minimum Gasteiger partial charge on any atom is -0.497 e. The Morgan fingerprint density at radius 1 is 0.636 bits per heavy atom. The van der Waals surface area contributed by atoms with Crippen molar-refractivity contribution in [3.05, 3.63) is 114 Å². The molecule has 0 bridgehead atoms. The molecule has 0 unspecified atom stereocenters. The van der Waals surface area contributed by atoms with Crippen LogP contribution >= 0.6 is 0 Å². The summed E-state index contributed by atoms with van der Waals surface area (Å²) in [6.07, 6.45) is -4.32. The van der Waals surface area contributed by atoms with Crippen LogP contribution < -0.4 is 14.8 Å². The molecule has 1 amide bonds. The van der Waals surface area contributed by atoms with Crippen LogP contribution in [0.2, 0.25) is 0 Å². The lowest BCUT2D eigenvalue weighted by Crippen LogP contribution is -2.48. The fraction of sp³-hybridized carbons (Fsp3) is 0.125. The Bertz CT molecular complexity index is 1660. The van der Waals surface area contributed by atoms with Crippen molar-refractivity contribution in [2.45, 2.75) is 12.2 Å². The SMILES string of the molecule is COc1cccc(C(=O)O[C@H](C(=O)Nc2ccc(N=Nc3ccccc3)cc2)[C@@H](OC(=O)c2cccc(OC)c2)C(=O)O)c1. The zero-order chi connectivity index (χ0) is 31.5. The van der Waals surface area contributed by atoms with Gasteiger partial charge in [0.15, 0.2) is 0 Å². The van der Waals surface area contributed by atoms with Gasteiger partial charge in [0.1, 0.15) is 11.5 Å². The predicted molar refractivity (Wildman–Crippen MR) is 158 cm³/mol. The van der Waals surface area contributed by atoms with Gasteiger partial charge in [-0.05, 0) is 72.8 Å². The number of carbonyl (C=O) groups is 4. The van der Waals surface area contributed by atoms with Gasteiger partial charge in [0, 0.05) is 5.69 Å². The molecule has 0 heterocycles. The summed E-state index contributed by atoms with van der Waals surface area (Å²) < 4.78 is 20.8. The average molecular weight is 598 g/mol. The molecule has 0 fully saturated rings. The highest BCUT2D eigenvalue weighted by Gasteiger charge is 2.41. The van der Waals surface area contributed by atoms with Crippen molar-refractivity contribution in [2.75, 3.05) is 19.5 Å². The van der Waals surface area contributed by atoms with E-state index in [1.54, 1.807) is 36.4 Å². The minimum atomic E-state index is -2.22. The number of amides is 1. The molecule has 4 aromatic carbocycles. The molecule has 0 aromatic heterocycles. The number of nitrogens with zero attached hydrogens (tertiary/aromatic N) is 2. The van der Waals surface area contributed by atoms with E-state index in [0.717, 1.165) is 0 Å². The van der Waals surface area contributed by atoms with Gasteiger partial charge < -0.3 is 29.4 Å². The first-order chi connectivity index (χ1) is 21.3. The highest BCUT2D eigenvalue weighted by atomic mass is 16.6. The topological polar surface area (TPSA) is 162 Å². The van der Waals surface area contributed by atoms with Crippen LogP contribution in [0.5, 0.6) is 11.5 Å². The van der Waals surface area contributed by atoms with Gasteiger partial charge in [-0.15, -0.1) is 0 Å². The molecule has 0 radical (unpaired) electrons. The molecule has 0 spiro atoms. The second-order valence-corrected chi connectivity index (χ2v) is 9.03. The number of esters is 2. The molecule has 0 aliphatic rings. The smallest absolute Gasteiger partial charge is 0.349 e. The van der Waals surface area contributed by atoms with Crippen LogP contribution in [0.1, 0.15) is 20.7 Å². The van der Waals surface area contributed by atoms with Crippen LogP contribution in [-0.2, 0) is 19.1 Å². The normalized spacial score (nSPS) is 12.0. The van der Waals surface area contributed by atoms with E-state index >= 15 is 0 Å². The summed E-state index contributed by atoms with van der Waals surface area (Å²) in [5, 5.41) is 20.8. The van der Waals surface area contributed by atoms with Crippen molar-refractivity contribution >= 4 is 40.9 Å². The number of hydrogen-bond donors (Lipinski definition) is 2. The van der Waals surface area contributed by atoms with Crippen molar-refractivity contribution in [3.8, 4) is 11.5 Å². The van der Waals surface area contributed by atoms with Crippen molar-refractivity contribution < 1.29 is 43.2 Å². The third-order valence-electron chi connectivity index (χ3n) is 6.03. The number of hydrogen-bond acceptors (Lipinski definition) is 10. The molecule has 12 nitrogen and oxygen atoms in total. The molecule has 0 aliphatic carbocycles. The Morgan fingerprint density at radius 2 is 1.14 bits per heavy atom. The molecule has 2 N–H and O–H groups in total. The summed E-state index contributed by atoms with van der Waals surface area (Å²) in [5.74, 6) is -4.28. The van der Waals surface area contributed by atoms with Crippen molar-refractivity contribution in [1.29, 1.82) is 0 Å². The molecule has 224 valence electrons. The third kappa shape index (κ3) is 8.26. The van der Waals surface area contributed by atoms with E-state index in [0.29, 0.717) is 22.9 Å². The lowest BCUT2D eigenvalue weighted by Gasteiger charge is -2.23. The fourth-order valence-corrected chi connectivity index (χ4v) is 3.80. The summed E-state index contributed by atoms with van der Waals surface area (Å²) in [6.45, 7) is 0. The van der Waals surface area contributed by atoms with E-state index in [2.05, 4.69) is 15.5 Å². The van der Waals surface area contributed by atoms with Gasteiger partial charge in [0.25, 0.3) is 5.91 Å². The van der Waals surface area contributed by atoms with Gasteiger partial charge >= 0.3 is 17.9 Å². The summed E-state index contributed by atoms with van der Waals surface area (Å²) >= 11 is 0. The highest BCUT2D eigenvalue weighted by Crippen LogP contribution is 2.22. The largest absolute Gasteiger partial charge is 0.497 e. The standard InChI is InChI=1S/C32H27N3O9/c1-41-25-12-6-8-20(18-25)31(39)43-27(28(30(37)38)44-32(40)21-9-7-13-26(19-21)42-2)29(36)33-22-14-16-24(17-15-22)35-34-23-10-4-3-5-11-23/h3-19,27-28H,1-2H3,(H,33,36)(H,37,38)/t27-,28+/m0/s1. The number of azo groups is 1. The van der Waals surface area contributed by atoms with Crippen molar-refractivity contribution in [1.82, 2.24) is 0 Å². The van der Waals surface area contributed by atoms with Crippen LogP contribution in [0, 0.1) is 0 Å². The van der Waals surface area contributed by atoms with Crippen LogP contribution in [0.25, 0.3) is 0 Å². The van der Waals surface area contributed by atoms with Crippen molar-refractivity contribution in [3.63, 3.8) is 0 Å². The molecule has 4 rings (SSSR count). The van der Waals surface area contributed by atoms with E-state index in [1.165, 1.54) is 62.8 Å². The number of benzene rings is 4. The van der Waals surface area contributed by atoms with Crippen LogP contribution in [-0.4, -0.2) is 55.3 Å². The van der Waals surface area contributed by atoms with Gasteiger partial charge in [-0.1, -0.05) is 30.3 Å². The minimum absolute atomic E-state index is 0.0291. The lowest BCUT2D eigenvalue weighted by molar-refractivity contribution is -0.157. The summed E-state index contributed by atoms with van der Waals surface area (Å²) in [5.41, 5.74) is 1.27. The summed E-state index contributed by atoms with van der Waals surface area (Å²) in [6, 6.07) is 26.8. The fourth-order valence-electron chi connectivity index (χ4n) is 3.80. The second kappa shape index (κ2) is 14.7. The number of nitrogens with one attached hydrogen (secondary N) is 1. The molecule has 0 aliphatic heterocycles. The molecule has 4 aromatic rings. The van der Waals surface area contributed by atoms with E-state index < -0.39 is 36.0 Å². The summed E-state index contributed by atoms with van der Waals surface area (Å²) in [4.78, 5) is 51.7. The first-order valence-electron chi connectivity index (χ1n) is 13.1. The van der Waals surface area contributed by atoms with Gasteiger partial charge in [-0.25, -0.2) is 14.4 Å². The number of anilines is 1. The first kappa shape index (κ1) is 30.9. The quantitative estimate of drug-likeness (QED) is 0.156. The number of methoxy groups -OCH3 is 2. The maximum Gasteiger partial charge on any atom is 0.349 e. The predicted octanol–water partition coefficient (Wildman–Crippen LogP) is 5.59. The Labute approximate surface area is 251 Å². The van der Waals surface area contributed by atoms with Crippen LogP contribution in [0.15, 0.2) is 113 Å². The van der Waals surface area contributed by atoms with E-state index in [1.807, 2.05) is 18.2 Å². The number of carboxylic acid groups (broad SMARTS) is 1. The Hall–Kier alpha value is -6.04. The highest BCUT2D eigenvalue weighted by molar-refractivity contribution is 6.01. The van der Waals surface area contributed by atoms with Crippen molar-refractivity contribution in [2.24, 2.45) is 10.2 Å². The molecule has 44 heavy (non-hydrogen) atoms. The van der Waals surface area contributed by atoms with Crippen LogP contribution in [0.3, 0.4) is 0 Å². The van der Waals surface area contributed by atoms with Gasteiger partial charge in [0.05, 0.1) is 36.7 Å². The second-order valence-electron chi connectivity index (χ2n) is 9.03. The van der Waals surface area contributed by atoms with Gasteiger partial charge in [-0.3, -0.25) is 4.79 Å². The molecule has 0 saturated heterocycles. The maximum atomic E-state index is 13.4. The first-order valence-corrected chi connectivity index (χ1v) is 13.1. The average Bonchev–Trinajstić information content (AvgIpc) is 3.06. The number of carboxylic acids is 1. The molecular formula is C32H27N3O9. The van der Waals surface area contributed by atoms with Gasteiger partial charge in [0.2, 0.25) is 12.2 Å². The van der Waals surface area contributed by atoms with E-state index in [-0.39, 0.29) is 16.8 Å². The summed E-state index contributed by atoms with van der Waals surface area (Å²) in [7, 11) is 2.79. The third-order valence-corrected chi connectivity index (χ3v) is 6.03. The number of carbonyl (C=O) groups excluding carboxylic acids is 3. The molecule has 0 saturated carbocycles. The zero-order valence-electron chi connectivity index (χ0n) is 23.6. The van der Waals surface area contributed by atoms with E-state index in [9.17, 15) is 24.3 Å². The Balaban J connectivity index is 1.58. The molecule has 12 heteroatoms. The Kier molecular flexibility index (Phi) is 10.3. The zero-order valence-corrected chi connectivity index (χ0v) is 23.6. The monoisotopic (exact) mass is 597 g/mol. The molecule has 2 atom stereocenters. The number of ether oxygens (including phenoxy) is 4. The number of rotatable bonds is 12. The lowest BCUT2D eigenvalue weighted by atomic mass is 10.1. The Morgan fingerprint density at radius 3 is 1.64 bits per heavy atom. The number of aliphatic carboxylic acids is 1.